The van der Waals surface area contributed by atoms with Crippen molar-refractivity contribution in [1.29, 1.82) is 0 Å². The quantitative estimate of drug-likeness (QED) is 0.823. The van der Waals surface area contributed by atoms with Crippen molar-refractivity contribution in [1.82, 2.24) is 0 Å². The van der Waals surface area contributed by atoms with E-state index < -0.39 is 11.5 Å². The molecule has 4 atom stereocenters. The third-order valence-electron chi connectivity index (χ3n) is 5.44. The zero-order valence-corrected chi connectivity index (χ0v) is 13.5. The van der Waals surface area contributed by atoms with Gasteiger partial charge < -0.3 is 14.9 Å². The highest BCUT2D eigenvalue weighted by molar-refractivity contribution is 6.26. The van der Waals surface area contributed by atoms with Gasteiger partial charge in [0.05, 0.1) is 30.1 Å². The van der Waals surface area contributed by atoms with Crippen molar-refractivity contribution < 1.29 is 19.7 Å². The summed E-state index contributed by atoms with van der Waals surface area (Å²) in [6, 6.07) is 4.05. The first-order valence-corrected chi connectivity index (χ1v) is 7.93. The van der Waals surface area contributed by atoms with Gasteiger partial charge in [0, 0.05) is 0 Å². The normalized spacial score (nSPS) is 34.6. The second-order valence-electron chi connectivity index (χ2n) is 6.96. The highest BCUT2D eigenvalue weighted by Gasteiger charge is 2.64. The maximum absolute atomic E-state index is 13.1. The number of aryl methyl sites for hydroxylation is 3. The number of hydrogen-bond acceptors (Lipinski definition) is 4. The molecule has 1 fully saturated rings. The molecular formula is C19H20O4. The van der Waals surface area contributed by atoms with Gasteiger partial charge in [0.1, 0.15) is 11.4 Å². The van der Waals surface area contributed by atoms with Gasteiger partial charge >= 0.3 is 0 Å². The zero-order chi connectivity index (χ0) is 16.5. The van der Waals surface area contributed by atoms with E-state index in [2.05, 4.69) is 0 Å². The molecule has 0 saturated carbocycles. The topological polar surface area (TPSA) is 66.8 Å². The van der Waals surface area contributed by atoms with Gasteiger partial charge in [-0.25, -0.2) is 0 Å². The highest BCUT2D eigenvalue weighted by atomic mass is 16.5. The highest BCUT2D eigenvalue weighted by Crippen LogP contribution is 2.56. The van der Waals surface area contributed by atoms with Gasteiger partial charge in [0.15, 0.2) is 5.78 Å². The lowest BCUT2D eigenvalue weighted by molar-refractivity contribution is -0.122. The number of benzene rings is 1. The summed E-state index contributed by atoms with van der Waals surface area (Å²) in [4.78, 5) is 13.1. The molecule has 3 aliphatic rings. The van der Waals surface area contributed by atoms with Gasteiger partial charge in [-0.05, 0) is 37.5 Å². The molecule has 120 valence electrons. The summed E-state index contributed by atoms with van der Waals surface area (Å²) in [6.07, 6.45) is 3.29. The van der Waals surface area contributed by atoms with E-state index in [1.54, 1.807) is 6.08 Å². The molecule has 1 aromatic carbocycles. The van der Waals surface area contributed by atoms with E-state index in [9.17, 15) is 15.0 Å². The van der Waals surface area contributed by atoms with Crippen LogP contribution in [0.2, 0.25) is 0 Å². The van der Waals surface area contributed by atoms with Gasteiger partial charge in [-0.2, -0.15) is 0 Å². The number of carbonyl (C=O) groups is 1. The number of ether oxygens (including phenoxy) is 1. The van der Waals surface area contributed by atoms with Crippen LogP contribution in [0, 0.1) is 32.6 Å². The molecule has 1 aromatic rings. The summed E-state index contributed by atoms with van der Waals surface area (Å²) < 4.78 is 5.80. The summed E-state index contributed by atoms with van der Waals surface area (Å²) >= 11 is 0. The van der Waals surface area contributed by atoms with E-state index in [1.807, 2.05) is 39.0 Å². The molecule has 4 nitrogen and oxygen atoms in total. The molecule has 1 aliphatic carbocycles. The number of ketones is 1. The minimum Gasteiger partial charge on any atom is -0.511 e. The van der Waals surface area contributed by atoms with E-state index in [1.165, 1.54) is 0 Å². The molecule has 4 rings (SSSR count). The Kier molecular flexibility index (Phi) is 2.91. The molecule has 2 bridgehead atoms. The van der Waals surface area contributed by atoms with Crippen molar-refractivity contribution in [2.24, 2.45) is 11.8 Å². The van der Waals surface area contributed by atoms with Crippen molar-refractivity contribution in [3.05, 3.63) is 52.3 Å². The van der Waals surface area contributed by atoms with Crippen LogP contribution in [0.15, 0.2) is 30.0 Å². The lowest BCUT2D eigenvalue weighted by Crippen LogP contribution is -2.41. The first-order valence-electron chi connectivity index (χ1n) is 7.93. The monoisotopic (exact) mass is 312 g/mol. The number of hydrogen-bond donors (Lipinski definition) is 2. The molecule has 0 aromatic heterocycles. The summed E-state index contributed by atoms with van der Waals surface area (Å²) in [5, 5.41) is 20.6. The summed E-state index contributed by atoms with van der Waals surface area (Å²) in [5.74, 6) is -0.921. The number of aliphatic hydroxyl groups excluding tert-OH is 2. The van der Waals surface area contributed by atoms with Gasteiger partial charge in [-0.1, -0.05) is 29.8 Å². The van der Waals surface area contributed by atoms with E-state index in [-0.39, 0.29) is 30.2 Å². The summed E-state index contributed by atoms with van der Waals surface area (Å²) in [5.41, 5.74) is 3.35. The average molecular weight is 312 g/mol. The van der Waals surface area contributed by atoms with E-state index >= 15 is 0 Å². The van der Waals surface area contributed by atoms with Crippen molar-refractivity contribution >= 4 is 11.4 Å². The molecule has 0 radical (unpaired) electrons. The fourth-order valence-electron chi connectivity index (χ4n) is 4.61. The number of rotatable bonds is 2. The van der Waals surface area contributed by atoms with Crippen molar-refractivity contribution in [2.75, 3.05) is 6.61 Å². The molecule has 0 amide bonds. The fourth-order valence-corrected chi connectivity index (χ4v) is 4.61. The van der Waals surface area contributed by atoms with Crippen molar-refractivity contribution in [3.63, 3.8) is 0 Å². The predicted molar refractivity (Wildman–Crippen MR) is 86.0 cm³/mol. The fraction of sp³-hybridized carbons (Fsp3) is 0.421. The Balaban J connectivity index is 1.89. The molecule has 23 heavy (non-hydrogen) atoms. The van der Waals surface area contributed by atoms with E-state index in [4.69, 9.17) is 4.74 Å². The van der Waals surface area contributed by atoms with E-state index in [0.717, 1.165) is 22.3 Å². The van der Waals surface area contributed by atoms with Crippen LogP contribution in [-0.4, -0.2) is 34.3 Å². The average Bonchev–Trinajstić information content (AvgIpc) is 3.12. The second-order valence-corrected chi connectivity index (χ2v) is 6.96. The standard InChI is InChI=1S/C19H20O4/c1-9-6-10(2)13(11(3)7-9)15-17(21)14-12-4-5-19(8-20,23-12)16(14)18(15)22/h4-7,12,14,16,20-21H,8H2,1-3H3/t12-,14-,16+,19-/m0/s1. The molecule has 2 N–H and O–H groups in total. The van der Waals surface area contributed by atoms with Gasteiger partial charge in [-0.3, -0.25) is 4.79 Å². The van der Waals surface area contributed by atoms with Crippen molar-refractivity contribution in [2.45, 2.75) is 32.5 Å². The lowest BCUT2D eigenvalue weighted by Gasteiger charge is -2.27. The van der Waals surface area contributed by atoms with Gasteiger partial charge in [-0.15, -0.1) is 0 Å². The SMILES string of the molecule is Cc1cc(C)c(C2=C(O)[C@H]3[C@@H]4C=C[C@@](CO)(O4)[C@H]3C2=O)c(C)c1. The Morgan fingerprint density at radius 2 is 1.87 bits per heavy atom. The zero-order valence-electron chi connectivity index (χ0n) is 13.5. The second kappa shape index (κ2) is 4.56. The third kappa shape index (κ3) is 1.71. The van der Waals surface area contributed by atoms with Crippen LogP contribution in [0.5, 0.6) is 0 Å². The first-order chi connectivity index (χ1) is 10.9. The molecule has 2 aliphatic heterocycles. The van der Waals surface area contributed by atoms with Gasteiger partial charge in [0.25, 0.3) is 0 Å². The van der Waals surface area contributed by atoms with Crippen LogP contribution < -0.4 is 0 Å². The molecule has 0 spiro atoms. The Hall–Kier alpha value is -1.91. The Bertz CT molecular complexity index is 766. The predicted octanol–water partition coefficient (Wildman–Crippen LogP) is 2.40. The molecule has 2 heterocycles. The Morgan fingerprint density at radius 3 is 2.48 bits per heavy atom. The number of fused-ring (bicyclic) bond motifs is 5. The largest absolute Gasteiger partial charge is 0.511 e. The number of aliphatic hydroxyl groups is 2. The van der Waals surface area contributed by atoms with Crippen LogP contribution in [0.1, 0.15) is 22.3 Å². The minimum absolute atomic E-state index is 0.111. The van der Waals surface area contributed by atoms with Gasteiger partial charge in [0.2, 0.25) is 0 Å². The maximum Gasteiger partial charge on any atom is 0.174 e. The van der Waals surface area contributed by atoms with Crippen LogP contribution in [0.4, 0.5) is 0 Å². The minimum atomic E-state index is -0.978. The van der Waals surface area contributed by atoms with Crippen LogP contribution in [0.25, 0.3) is 5.57 Å². The van der Waals surface area contributed by atoms with Crippen LogP contribution in [-0.2, 0) is 9.53 Å². The molecule has 1 saturated heterocycles. The molecular weight excluding hydrogens is 292 g/mol. The summed E-state index contributed by atoms with van der Waals surface area (Å²) in [6.45, 7) is 5.69. The maximum atomic E-state index is 13.1. The van der Waals surface area contributed by atoms with Crippen LogP contribution in [0.3, 0.4) is 0 Å². The third-order valence-corrected chi connectivity index (χ3v) is 5.44. The first kappa shape index (κ1) is 14.7. The Labute approximate surface area is 135 Å². The molecule has 4 heteroatoms. The van der Waals surface area contributed by atoms with Crippen molar-refractivity contribution in [3.8, 4) is 0 Å². The van der Waals surface area contributed by atoms with Crippen LogP contribution >= 0.6 is 0 Å². The number of Topliss-reactive ketones (excluding diaryl/α,β-unsaturated/α-hetero) is 1. The molecule has 0 unspecified atom stereocenters. The number of allylic oxidation sites excluding steroid dienone is 1. The Morgan fingerprint density at radius 1 is 1.22 bits per heavy atom. The summed E-state index contributed by atoms with van der Waals surface area (Å²) in [7, 11) is 0. The smallest absolute Gasteiger partial charge is 0.174 e. The number of carbonyl (C=O) groups excluding carboxylic acids is 1. The lowest BCUT2D eigenvalue weighted by atomic mass is 9.76. The van der Waals surface area contributed by atoms with E-state index in [0.29, 0.717) is 5.57 Å².